The van der Waals surface area contributed by atoms with Gasteiger partial charge in [-0.1, -0.05) is 44.2 Å². The van der Waals surface area contributed by atoms with Crippen LogP contribution in [0.25, 0.3) is 10.6 Å². The van der Waals surface area contributed by atoms with Crippen molar-refractivity contribution in [3.63, 3.8) is 0 Å². The predicted molar refractivity (Wildman–Crippen MR) is 105 cm³/mol. The lowest BCUT2D eigenvalue weighted by atomic mass is 10.1. The molecule has 2 amide bonds. The van der Waals surface area contributed by atoms with Gasteiger partial charge in [-0.2, -0.15) is 13.2 Å². The van der Waals surface area contributed by atoms with Gasteiger partial charge in [0, 0.05) is 31.5 Å². The average molecular weight is 428 g/mol. The van der Waals surface area contributed by atoms with Crippen LogP contribution in [0.1, 0.15) is 39.2 Å². The summed E-state index contributed by atoms with van der Waals surface area (Å²) in [5.41, 5.74) is -0.264. The zero-order valence-electron chi connectivity index (χ0n) is 16.4. The molecule has 0 bridgehead atoms. The summed E-state index contributed by atoms with van der Waals surface area (Å²) in [5, 5.41) is 11.1. The second-order valence-electron chi connectivity index (χ2n) is 6.87. The summed E-state index contributed by atoms with van der Waals surface area (Å²) in [6, 6.07) is 4.58. The Kier molecular flexibility index (Phi) is 7.72. The third-order valence-corrected chi connectivity index (χ3v) is 4.87. The first-order valence-corrected chi connectivity index (χ1v) is 10.0. The van der Waals surface area contributed by atoms with Crippen LogP contribution in [0.5, 0.6) is 0 Å². The predicted octanol–water partition coefficient (Wildman–Crippen LogP) is 4.45. The number of nitrogens with zero attached hydrogens (tertiary/aromatic N) is 3. The van der Waals surface area contributed by atoms with Gasteiger partial charge >= 0.3 is 6.18 Å². The summed E-state index contributed by atoms with van der Waals surface area (Å²) in [6.07, 6.45) is -3.91. The number of alkyl halides is 3. The molecule has 0 fully saturated rings. The van der Waals surface area contributed by atoms with E-state index in [2.05, 4.69) is 15.5 Å². The van der Waals surface area contributed by atoms with Crippen molar-refractivity contribution in [3.05, 3.63) is 29.8 Å². The summed E-state index contributed by atoms with van der Waals surface area (Å²) >= 11 is 1.07. The van der Waals surface area contributed by atoms with E-state index in [-0.39, 0.29) is 23.4 Å². The second kappa shape index (κ2) is 9.82. The van der Waals surface area contributed by atoms with Crippen molar-refractivity contribution in [3.8, 4) is 10.6 Å². The van der Waals surface area contributed by atoms with Crippen LogP contribution in [0.3, 0.4) is 0 Å². The minimum absolute atomic E-state index is 0.00740. The lowest BCUT2D eigenvalue weighted by Gasteiger charge is -2.23. The molecule has 0 atom stereocenters. The number of aromatic nitrogens is 2. The maximum absolute atomic E-state index is 12.6. The monoisotopic (exact) mass is 428 g/mol. The van der Waals surface area contributed by atoms with Crippen LogP contribution in [-0.4, -0.2) is 40.0 Å². The molecule has 0 aliphatic carbocycles. The molecule has 29 heavy (non-hydrogen) atoms. The first-order valence-electron chi connectivity index (χ1n) is 9.19. The number of benzene rings is 1. The van der Waals surface area contributed by atoms with Gasteiger partial charge in [-0.25, -0.2) is 0 Å². The number of anilines is 1. The number of hydrogen-bond acceptors (Lipinski definition) is 5. The Morgan fingerprint density at radius 3 is 2.38 bits per heavy atom. The van der Waals surface area contributed by atoms with Gasteiger partial charge in [-0.15, -0.1) is 10.2 Å². The molecule has 0 spiro atoms. The fraction of sp³-hybridized carbons (Fsp3) is 0.474. The molecule has 2 rings (SSSR count). The van der Waals surface area contributed by atoms with Crippen LogP contribution in [0.15, 0.2) is 24.3 Å². The smallest absolute Gasteiger partial charge is 0.342 e. The summed E-state index contributed by atoms with van der Waals surface area (Å²) in [7, 11) is 0. The van der Waals surface area contributed by atoms with Crippen LogP contribution < -0.4 is 5.32 Å². The highest BCUT2D eigenvalue weighted by Gasteiger charge is 2.30. The van der Waals surface area contributed by atoms with Gasteiger partial charge in [-0.05, 0) is 18.1 Å². The van der Waals surface area contributed by atoms with Crippen molar-refractivity contribution in [2.45, 2.75) is 39.8 Å². The van der Waals surface area contributed by atoms with E-state index >= 15 is 0 Å². The molecular formula is C19H23F3N4O2S. The molecule has 2 aromatic rings. The van der Waals surface area contributed by atoms with E-state index in [0.717, 1.165) is 23.5 Å². The first kappa shape index (κ1) is 22.8. The maximum atomic E-state index is 12.6. The molecule has 158 valence electrons. The standard InChI is InChI=1S/C19H23F3N4O2S/c1-4-16(28)26(11-12(2)3)10-9-15(27)23-18-25-24-17(29-18)13-5-7-14(8-6-13)19(20,21)22/h5-8,12H,4,9-11H2,1-3H3,(H,23,25,27). The minimum Gasteiger partial charge on any atom is -0.342 e. The van der Waals surface area contributed by atoms with Crippen molar-refractivity contribution in [1.82, 2.24) is 15.1 Å². The van der Waals surface area contributed by atoms with E-state index in [1.807, 2.05) is 13.8 Å². The lowest BCUT2D eigenvalue weighted by molar-refractivity contribution is -0.137. The maximum Gasteiger partial charge on any atom is 0.416 e. The van der Waals surface area contributed by atoms with E-state index in [4.69, 9.17) is 0 Å². The topological polar surface area (TPSA) is 75.2 Å². The van der Waals surface area contributed by atoms with Crippen LogP contribution in [0, 0.1) is 5.92 Å². The fourth-order valence-corrected chi connectivity index (χ4v) is 3.36. The van der Waals surface area contributed by atoms with Gasteiger partial charge < -0.3 is 10.2 Å². The van der Waals surface area contributed by atoms with Crippen molar-refractivity contribution in [2.75, 3.05) is 18.4 Å². The van der Waals surface area contributed by atoms with Crippen LogP contribution in [0.2, 0.25) is 0 Å². The summed E-state index contributed by atoms with van der Waals surface area (Å²) in [6.45, 7) is 6.66. The Balaban J connectivity index is 1.95. The van der Waals surface area contributed by atoms with Gasteiger partial charge in [0.05, 0.1) is 5.56 Å². The number of rotatable bonds is 8. The molecule has 1 heterocycles. The van der Waals surface area contributed by atoms with E-state index in [9.17, 15) is 22.8 Å². The van der Waals surface area contributed by atoms with Crippen LogP contribution in [0.4, 0.5) is 18.3 Å². The van der Waals surface area contributed by atoms with Gasteiger partial charge in [-0.3, -0.25) is 9.59 Å². The Hall–Kier alpha value is -2.49. The Morgan fingerprint density at radius 2 is 1.83 bits per heavy atom. The van der Waals surface area contributed by atoms with E-state index in [1.54, 1.807) is 11.8 Å². The molecule has 0 unspecified atom stereocenters. The van der Waals surface area contributed by atoms with Gasteiger partial charge in [0.25, 0.3) is 0 Å². The van der Waals surface area contributed by atoms with Crippen molar-refractivity contribution >= 4 is 28.3 Å². The Labute approximate surface area is 171 Å². The largest absolute Gasteiger partial charge is 0.416 e. The normalized spacial score (nSPS) is 11.6. The molecule has 0 radical (unpaired) electrons. The number of carbonyl (C=O) groups is 2. The molecule has 0 aliphatic heterocycles. The highest BCUT2D eigenvalue weighted by atomic mass is 32.1. The Morgan fingerprint density at radius 1 is 1.17 bits per heavy atom. The van der Waals surface area contributed by atoms with E-state index < -0.39 is 11.7 Å². The lowest BCUT2D eigenvalue weighted by Crippen LogP contribution is -2.36. The van der Waals surface area contributed by atoms with Crippen LogP contribution >= 0.6 is 11.3 Å². The highest BCUT2D eigenvalue weighted by molar-refractivity contribution is 7.18. The van der Waals surface area contributed by atoms with Crippen molar-refractivity contribution in [2.24, 2.45) is 5.92 Å². The van der Waals surface area contributed by atoms with E-state index in [1.165, 1.54) is 12.1 Å². The van der Waals surface area contributed by atoms with Gasteiger partial charge in [0.2, 0.25) is 16.9 Å². The third-order valence-electron chi connectivity index (χ3n) is 3.98. The zero-order chi connectivity index (χ0) is 21.6. The quantitative estimate of drug-likeness (QED) is 0.674. The number of carbonyl (C=O) groups excluding carboxylic acids is 2. The minimum atomic E-state index is -4.40. The first-order chi connectivity index (χ1) is 13.6. The summed E-state index contributed by atoms with van der Waals surface area (Å²) in [5.74, 6) is -0.0206. The van der Waals surface area contributed by atoms with Gasteiger partial charge in [0.1, 0.15) is 5.01 Å². The van der Waals surface area contributed by atoms with E-state index in [0.29, 0.717) is 36.0 Å². The number of amides is 2. The SMILES string of the molecule is CCC(=O)N(CCC(=O)Nc1nnc(-c2ccc(C(F)(F)F)cc2)s1)CC(C)C. The molecule has 6 nitrogen and oxygen atoms in total. The second-order valence-corrected chi connectivity index (χ2v) is 7.85. The summed E-state index contributed by atoms with van der Waals surface area (Å²) in [4.78, 5) is 25.8. The number of nitrogens with one attached hydrogen (secondary N) is 1. The average Bonchev–Trinajstić information content (AvgIpc) is 3.12. The number of halogens is 3. The highest BCUT2D eigenvalue weighted by Crippen LogP contribution is 2.32. The van der Waals surface area contributed by atoms with Crippen molar-refractivity contribution in [1.29, 1.82) is 0 Å². The molecule has 1 N–H and O–H groups in total. The van der Waals surface area contributed by atoms with Crippen molar-refractivity contribution < 1.29 is 22.8 Å². The third kappa shape index (κ3) is 6.81. The molecule has 0 saturated heterocycles. The van der Waals surface area contributed by atoms with Gasteiger partial charge in [0.15, 0.2) is 0 Å². The molecule has 1 aromatic heterocycles. The zero-order valence-corrected chi connectivity index (χ0v) is 17.2. The summed E-state index contributed by atoms with van der Waals surface area (Å²) < 4.78 is 37.9. The molecule has 10 heteroatoms. The molecule has 0 aliphatic rings. The molecule has 1 aromatic carbocycles. The van der Waals surface area contributed by atoms with Crippen LogP contribution in [-0.2, 0) is 15.8 Å². The fourth-order valence-electron chi connectivity index (χ4n) is 2.59. The molecular weight excluding hydrogens is 405 g/mol. The Bertz CT molecular complexity index is 835. The number of hydrogen-bond donors (Lipinski definition) is 1. The molecule has 0 saturated carbocycles.